The largest absolute Gasteiger partial charge is 0.378 e. The zero-order valence-corrected chi connectivity index (χ0v) is 20.8. The molecule has 5 rings (SSSR count). The standard InChI is InChI=1S/C25H24ClN5O5/c1-14-21(22(28-36-14)15-6-4-5-7-16(15)26)23(32)27-17-12-19-20(30(3)25(34)24(33)29(19)2)13-18(17)31-8-10-35-11-9-31/h4-7,12-13H,8-11H2,1-3H3,(H,27,32). The van der Waals surface area contributed by atoms with Gasteiger partial charge in [0.05, 0.1) is 40.6 Å². The van der Waals surface area contributed by atoms with Crippen LogP contribution in [0.15, 0.2) is 50.5 Å². The maximum atomic E-state index is 13.6. The van der Waals surface area contributed by atoms with Crippen molar-refractivity contribution in [3.05, 3.63) is 73.5 Å². The fourth-order valence-corrected chi connectivity index (χ4v) is 4.66. The minimum atomic E-state index is -0.655. The fourth-order valence-electron chi connectivity index (χ4n) is 4.44. The Morgan fingerprint density at radius 3 is 2.33 bits per heavy atom. The summed E-state index contributed by atoms with van der Waals surface area (Å²) in [5.74, 6) is -0.0988. The summed E-state index contributed by atoms with van der Waals surface area (Å²) in [4.78, 5) is 40.6. The first-order valence-electron chi connectivity index (χ1n) is 11.4. The van der Waals surface area contributed by atoms with Gasteiger partial charge in [0, 0.05) is 32.7 Å². The Labute approximate surface area is 210 Å². The molecule has 0 bridgehead atoms. The predicted octanol–water partition coefficient (Wildman–Crippen LogP) is 2.94. The molecule has 1 aliphatic rings. The van der Waals surface area contributed by atoms with Crippen molar-refractivity contribution in [2.24, 2.45) is 14.1 Å². The molecule has 0 spiro atoms. The van der Waals surface area contributed by atoms with Gasteiger partial charge in [-0.1, -0.05) is 35.0 Å². The molecule has 1 amide bonds. The number of hydrogen-bond donors (Lipinski definition) is 1. The third-order valence-electron chi connectivity index (χ3n) is 6.43. The molecule has 1 saturated heterocycles. The van der Waals surface area contributed by atoms with Gasteiger partial charge >= 0.3 is 11.1 Å². The normalized spacial score (nSPS) is 13.8. The van der Waals surface area contributed by atoms with Crippen LogP contribution in [0.2, 0.25) is 5.02 Å². The van der Waals surface area contributed by atoms with E-state index in [1.54, 1.807) is 44.3 Å². The summed E-state index contributed by atoms with van der Waals surface area (Å²) >= 11 is 6.36. The number of aryl methyl sites for hydroxylation is 3. The molecule has 0 atom stereocenters. The van der Waals surface area contributed by atoms with E-state index >= 15 is 0 Å². The van der Waals surface area contributed by atoms with Crippen LogP contribution in [-0.2, 0) is 18.8 Å². The molecule has 0 aliphatic carbocycles. The number of halogens is 1. The number of nitrogens with zero attached hydrogens (tertiary/aromatic N) is 4. The van der Waals surface area contributed by atoms with Crippen molar-refractivity contribution < 1.29 is 14.1 Å². The lowest BCUT2D eigenvalue weighted by molar-refractivity contribution is 0.102. The summed E-state index contributed by atoms with van der Waals surface area (Å²) < 4.78 is 13.5. The lowest BCUT2D eigenvalue weighted by Crippen LogP contribution is -2.40. The van der Waals surface area contributed by atoms with Crippen molar-refractivity contribution >= 4 is 39.9 Å². The molecule has 2 aromatic heterocycles. The first-order chi connectivity index (χ1) is 17.3. The monoisotopic (exact) mass is 509 g/mol. The van der Waals surface area contributed by atoms with Crippen LogP contribution in [0.25, 0.3) is 22.3 Å². The second kappa shape index (κ2) is 9.29. The van der Waals surface area contributed by atoms with Crippen molar-refractivity contribution in [1.29, 1.82) is 0 Å². The SMILES string of the molecule is Cc1onc(-c2ccccc2Cl)c1C(=O)Nc1cc2c(cc1N1CCOCC1)n(C)c(=O)c(=O)n2C. The van der Waals surface area contributed by atoms with Gasteiger partial charge in [-0.2, -0.15) is 0 Å². The molecule has 0 saturated carbocycles. The first kappa shape index (κ1) is 23.8. The Bertz CT molecular complexity index is 1610. The molecule has 36 heavy (non-hydrogen) atoms. The number of fused-ring (bicyclic) bond motifs is 1. The second-order valence-corrected chi connectivity index (χ2v) is 8.99. The minimum Gasteiger partial charge on any atom is -0.378 e. The van der Waals surface area contributed by atoms with E-state index in [0.29, 0.717) is 70.8 Å². The van der Waals surface area contributed by atoms with E-state index in [4.69, 9.17) is 20.9 Å². The summed E-state index contributed by atoms with van der Waals surface area (Å²) in [6.07, 6.45) is 0. The molecule has 10 nitrogen and oxygen atoms in total. The van der Waals surface area contributed by atoms with Crippen LogP contribution in [0, 0.1) is 6.92 Å². The van der Waals surface area contributed by atoms with Crippen molar-refractivity contribution in [3.8, 4) is 11.3 Å². The summed E-state index contributed by atoms with van der Waals surface area (Å²) in [7, 11) is 3.09. The number of rotatable bonds is 4. The predicted molar refractivity (Wildman–Crippen MR) is 137 cm³/mol. The molecule has 3 heterocycles. The Hall–Kier alpha value is -3.89. The number of carbonyl (C=O) groups excluding carboxylic acids is 1. The molecule has 0 radical (unpaired) electrons. The van der Waals surface area contributed by atoms with Crippen LogP contribution in [0.5, 0.6) is 0 Å². The van der Waals surface area contributed by atoms with Gasteiger partial charge in [0.2, 0.25) is 0 Å². The fraction of sp³-hybridized carbons (Fsp3) is 0.280. The minimum absolute atomic E-state index is 0.255. The number of nitrogens with one attached hydrogen (secondary N) is 1. The van der Waals surface area contributed by atoms with Crippen LogP contribution in [0.4, 0.5) is 11.4 Å². The maximum absolute atomic E-state index is 13.6. The lowest BCUT2D eigenvalue weighted by Gasteiger charge is -2.31. The Morgan fingerprint density at radius 1 is 1.03 bits per heavy atom. The number of anilines is 2. The number of hydrogen-bond acceptors (Lipinski definition) is 7. The highest BCUT2D eigenvalue weighted by Crippen LogP contribution is 2.34. The molecule has 1 N–H and O–H groups in total. The van der Waals surface area contributed by atoms with Gasteiger partial charge in [-0.25, -0.2) is 0 Å². The van der Waals surface area contributed by atoms with Crippen molar-refractivity contribution in [3.63, 3.8) is 0 Å². The molecule has 4 aromatic rings. The van der Waals surface area contributed by atoms with Gasteiger partial charge in [0.15, 0.2) is 0 Å². The highest BCUT2D eigenvalue weighted by molar-refractivity contribution is 6.33. The van der Waals surface area contributed by atoms with Crippen molar-refractivity contribution in [1.82, 2.24) is 14.3 Å². The number of ether oxygens (including phenoxy) is 1. The number of carbonyl (C=O) groups is 1. The average molecular weight is 510 g/mol. The summed E-state index contributed by atoms with van der Waals surface area (Å²) in [6.45, 7) is 3.92. The van der Waals surface area contributed by atoms with Crippen LogP contribution in [-0.4, -0.2) is 46.5 Å². The van der Waals surface area contributed by atoms with Crippen LogP contribution >= 0.6 is 11.6 Å². The van der Waals surface area contributed by atoms with Crippen LogP contribution in [0.3, 0.4) is 0 Å². The van der Waals surface area contributed by atoms with E-state index in [1.165, 1.54) is 16.2 Å². The van der Waals surface area contributed by atoms with Gasteiger partial charge in [0.1, 0.15) is 17.0 Å². The quantitative estimate of drug-likeness (QED) is 0.421. The highest BCUT2D eigenvalue weighted by Gasteiger charge is 2.26. The summed E-state index contributed by atoms with van der Waals surface area (Å²) in [5, 5.41) is 7.51. The van der Waals surface area contributed by atoms with Gasteiger partial charge in [-0.15, -0.1) is 0 Å². The van der Waals surface area contributed by atoms with Crippen molar-refractivity contribution in [2.75, 3.05) is 36.5 Å². The third-order valence-corrected chi connectivity index (χ3v) is 6.76. The Morgan fingerprint density at radius 2 is 1.67 bits per heavy atom. The molecular formula is C25H24ClN5O5. The number of amides is 1. The molecule has 2 aromatic carbocycles. The molecular weight excluding hydrogens is 486 g/mol. The molecule has 1 fully saturated rings. The van der Waals surface area contributed by atoms with Gasteiger partial charge in [-0.05, 0) is 25.1 Å². The van der Waals surface area contributed by atoms with Crippen LogP contribution in [0.1, 0.15) is 16.1 Å². The summed E-state index contributed by atoms with van der Waals surface area (Å²) in [6, 6.07) is 10.6. The smallest absolute Gasteiger partial charge is 0.316 e. The van der Waals surface area contributed by atoms with Crippen molar-refractivity contribution in [2.45, 2.75) is 6.92 Å². The number of benzene rings is 2. The van der Waals surface area contributed by atoms with E-state index in [2.05, 4.69) is 15.4 Å². The topological polar surface area (TPSA) is 112 Å². The molecule has 186 valence electrons. The molecule has 1 aliphatic heterocycles. The van der Waals surface area contributed by atoms with E-state index in [1.807, 2.05) is 6.07 Å². The Balaban J connectivity index is 1.65. The van der Waals surface area contributed by atoms with Gasteiger partial charge < -0.3 is 28.6 Å². The molecule has 0 unspecified atom stereocenters. The maximum Gasteiger partial charge on any atom is 0.316 e. The average Bonchev–Trinajstić information content (AvgIpc) is 3.27. The number of morpholine rings is 1. The lowest BCUT2D eigenvalue weighted by atomic mass is 10.1. The third kappa shape index (κ3) is 3.98. The highest BCUT2D eigenvalue weighted by atomic mass is 35.5. The Kier molecular flexibility index (Phi) is 6.15. The van der Waals surface area contributed by atoms with Crippen LogP contribution < -0.4 is 21.3 Å². The molecule has 11 heteroatoms. The van der Waals surface area contributed by atoms with E-state index in [9.17, 15) is 14.4 Å². The zero-order chi connectivity index (χ0) is 25.6. The van der Waals surface area contributed by atoms with E-state index < -0.39 is 17.0 Å². The van der Waals surface area contributed by atoms with Gasteiger partial charge in [-0.3, -0.25) is 14.4 Å². The zero-order valence-electron chi connectivity index (χ0n) is 20.0. The van der Waals surface area contributed by atoms with E-state index in [0.717, 1.165) is 0 Å². The van der Waals surface area contributed by atoms with E-state index in [-0.39, 0.29) is 5.56 Å². The second-order valence-electron chi connectivity index (χ2n) is 8.58. The first-order valence-corrected chi connectivity index (χ1v) is 11.7. The van der Waals surface area contributed by atoms with Gasteiger partial charge in [0.25, 0.3) is 5.91 Å². The summed E-state index contributed by atoms with van der Waals surface area (Å²) in [5.41, 5.74) is 2.14. The number of aromatic nitrogens is 3.